The van der Waals surface area contributed by atoms with Crippen LogP contribution in [0.15, 0.2) is 15.9 Å². The fraction of sp³-hybridized carbons (Fsp3) is 0.692. The first-order valence-corrected chi connectivity index (χ1v) is 8.09. The number of halogens is 1. The van der Waals surface area contributed by atoms with Crippen LogP contribution in [-0.2, 0) is 6.54 Å². The van der Waals surface area contributed by atoms with Crippen molar-refractivity contribution in [2.75, 3.05) is 20.1 Å². The molecule has 17 heavy (non-hydrogen) atoms. The van der Waals surface area contributed by atoms with Crippen LogP contribution in [0.1, 0.15) is 30.6 Å². The Morgan fingerprint density at radius 2 is 2.41 bits per heavy atom. The molecule has 1 aromatic heterocycles. The van der Waals surface area contributed by atoms with Crippen LogP contribution in [0.4, 0.5) is 0 Å². The molecule has 0 bridgehead atoms. The van der Waals surface area contributed by atoms with E-state index in [1.165, 1.54) is 41.6 Å². The van der Waals surface area contributed by atoms with Crippen LogP contribution in [0.2, 0.25) is 0 Å². The summed E-state index contributed by atoms with van der Waals surface area (Å²) in [5, 5.41) is 5.45. The van der Waals surface area contributed by atoms with E-state index in [0.717, 1.165) is 19.1 Å². The Balaban J connectivity index is 1.94. The van der Waals surface area contributed by atoms with Crippen molar-refractivity contribution >= 4 is 27.3 Å². The van der Waals surface area contributed by atoms with Gasteiger partial charge in [-0.2, -0.15) is 0 Å². The zero-order valence-electron chi connectivity index (χ0n) is 10.4. The number of nitrogens with zero attached hydrogens (tertiary/aromatic N) is 1. The van der Waals surface area contributed by atoms with Crippen molar-refractivity contribution in [2.24, 2.45) is 0 Å². The van der Waals surface area contributed by atoms with Gasteiger partial charge in [-0.25, -0.2) is 0 Å². The Morgan fingerprint density at radius 1 is 1.53 bits per heavy atom. The van der Waals surface area contributed by atoms with Gasteiger partial charge in [0.2, 0.25) is 0 Å². The van der Waals surface area contributed by atoms with E-state index in [4.69, 9.17) is 0 Å². The van der Waals surface area contributed by atoms with Gasteiger partial charge in [0, 0.05) is 21.9 Å². The zero-order valence-corrected chi connectivity index (χ0v) is 12.8. The lowest BCUT2D eigenvalue weighted by atomic mass is 9.99. The molecule has 2 nitrogen and oxygen atoms in total. The molecule has 0 aromatic carbocycles. The highest BCUT2D eigenvalue weighted by molar-refractivity contribution is 9.10. The lowest BCUT2D eigenvalue weighted by molar-refractivity contribution is 0.133. The molecule has 2 rings (SSSR count). The zero-order chi connectivity index (χ0) is 12.1. The van der Waals surface area contributed by atoms with Gasteiger partial charge in [-0.3, -0.25) is 4.90 Å². The van der Waals surface area contributed by atoms with Crippen molar-refractivity contribution in [1.29, 1.82) is 0 Å². The van der Waals surface area contributed by atoms with E-state index in [-0.39, 0.29) is 0 Å². The lowest BCUT2D eigenvalue weighted by Gasteiger charge is -2.35. The predicted molar refractivity (Wildman–Crippen MR) is 78.6 cm³/mol. The molecule has 1 aromatic rings. The fourth-order valence-corrected chi connectivity index (χ4v) is 4.03. The number of likely N-dealkylation sites (tertiary alicyclic amines) is 1. The topological polar surface area (TPSA) is 15.3 Å². The highest BCUT2D eigenvalue weighted by Crippen LogP contribution is 2.28. The standard InChI is InChI=1S/C13H21BrN2S/c1-15-7-5-11-4-2-3-8-16(11)10-13-12(14)6-9-17-13/h6,9,11,15H,2-5,7-8,10H2,1H3. The van der Waals surface area contributed by atoms with Crippen LogP contribution in [0.3, 0.4) is 0 Å². The lowest BCUT2D eigenvalue weighted by Crippen LogP contribution is -2.40. The van der Waals surface area contributed by atoms with Gasteiger partial charge in [0.25, 0.3) is 0 Å². The number of hydrogen-bond acceptors (Lipinski definition) is 3. The van der Waals surface area contributed by atoms with E-state index in [1.54, 1.807) is 0 Å². The minimum atomic E-state index is 0.769. The van der Waals surface area contributed by atoms with Crippen molar-refractivity contribution in [1.82, 2.24) is 10.2 Å². The summed E-state index contributed by atoms with van der Waals surface area (Å²) in [6.45, 7) is 3.51. The number of thiophene rings is 1. The summed E-state index contributed by atoms with van der Waals surface area (Å²) in [7, 11) is 2.04. The first kappa shape index (κ1) is 13.5. The van der Waals surface area contributed by atoms with Crippen LogP contribution >= 0.6 is 27.3 Å². The van der Waals surface area contributed by atoms with Crippen molar-refractivity contribution < 1.29 is 0 Å². The van der Waals surface area contributed by atoms with Crippen molar-refractivity contribution in [2.45, 2.75) is 38.3 Å². The predicted octanol–water partition coefficient (Wildman–Crippen LogP) is 3.47. The van der Waals surface area contributed by atoms with Gasteiger partial charge >= 0.3 is 0 Å². The van der Waals surface area contributed by atoms with E-state index >= 15 is 0 Å². The molecule has 1 saturated heterocycles. The second-order valence-corrected chi connectivity index (χ2v) is 6.56. The first-order valence-electron chi connectivity index (χ1n) is 6.42. The Kier molecular flexibility index (Phi) is 5.48. The van der Waals surface area contributed by atoms with Gasteiger partial charge < -0.3 is 5.32 Å². The molecule has 2 heterocycles. The third-order valence-corrected chi connectivity index (χ3v) is 5.43. The maximum absolute atomic E-state index is 3.64. The molecule has 0 aliphatic carbocycles. The molecule has 0 amide bonds. The Hall–Kier alpha value is 0.100. The fourth-order valence-electron chi connectivity index (χ4n) is 2.53. The summed E-state index contributed by atoms with van der Waals surface area (Å²) in [6.07, 6.45) is 5.40. The average Bonchev–Trinajstić information content (AvgIpc) is 2.74. The molecule has 4 heteroatoms. The Labute approximate surface area is 117 Å². The normalized spacial score (nSPS) is 21.9. The van der Waals surface area contributed by atoms with Crippen LogP contribution in [-0.4, -0.2) is 31.1 Å². The van der Waals surface area contributed by atoms with Crippen molar-refractivity contribution in [3.05, 3.63) is 20.8 Å². The SMILES string of the molecule is CNCCC1CCCCN1Cc1sccc1Br. The minimum absolute atomic E-state index is 0.769. The maximum atomic E-state index is 3.64. The summed E-state index contributed by atoms with van der Waals surface area (Å²) in [5.41, 5.74) is 0. The van der Waals surface area contributed by atoms with Crippen LogP contribution in [0, 0.1) is 0 Å². The minimum Gasteiger partial charge on any atom is -0.320 e. The van der Waals surface area contributed by atoms with Crippen LogP contribution in [0.25, 0.3) is 0 Å². The second kappa shape index (κ2) is 6.88. The summed E-state index contributed by atoms with van der Waals surface area (Å²) in [4.78, 5) is 4.14. The monoisotopic (exact) mass is 316 g/mol. The molecule has 1 aliphatic heterocycles. The molecule has 0 spiro atoms. The van der Waals surface area contributed by atoms with E-state index in [2.05, 4.69) is 37.6 Å². The molecular formula is C13H21BrN2S. The van der Waals surface area contributed by atoms with E-state index in [1.807, 2.05) is 18.4 Å². The average molecular weight is 317 g/mol. The van der Waals surface area contributed by atoms with Gasteiger partial charge in [-0.1, -0.05) is 6.42 Å². The van der Waals surface area contributed by atoms with Crippen LogP contribution in [0.5, 0.6) is 0 Å². The molecule has 1 fully saturated rings. The molecule has 1 N–H and O–H groups in total. The van der Waals surface area contributed by atoms with Gasteiger partial charge in [0.05, 0.1) is 0 Å². The number of rotatable bonds is 5. The Bertz CT molecular complexity index is 340. The Morgan fingerprint density at radius 3 is 3.12 bits per heavy atom. The molecule has 0 saturated carbocycles. The number of piperidine rings is 1. The quantitative estimate of drug-likeness (QED) is 0.894. The van der Waals surface area contributed by atoms with E-state index in [9.17, 15) is 0 Å². The van der Waals surface area contributed by atoms with Gasteiger partial charge in [0.1, 0.15) is 0 Å². The third-order valence-electron chi connectivity index (χ3n) is 3.51. The maximum Gasteiger partial charge on any atom is 0.0342 e. The van der Waals surface area contributed by atoms with Gasteiger partial charge in [-0.15, -0.1) is 11.3 Å². The first-order chi connectivity index (χ1) is 8.31. The largest absolute Gasteiger partial charge is 0.320 e. The summed E-state index contributed by atoms with van der Waals surface area (Å²) < 4.78 is 1.28. The van der Waals surface area contributed by atoms with E-state index in [0.29, 0.717) is 0 Å². The molecule has 1 unspecified atom stereocenters. The highest BCUT2D eigenvalue weighted by atomic mass is 79.9. The molecule has 0 radical (unpaired) electrons. The molecule has 1 aliphatic rings. The summed E-state index contributed by atoms with van der Waals surface area (Å²) in [6, 6.07) is 2.93. The molecule has 96 valence electrons. The second-order valence-electron chi connectivity index (χ2n) is 4.70. The van der Waals surface area contributed by atoms with Crippen molar-refractivity contribution in [3.63, 3.8) is 0 Å². The third kappa shape index (κ3) is 3.78. The number of hydrogen-bond donors (Lipinski definition) is 1. The van der Waals surface area contributed by atoms with Gasteiger partial charge in [-0.05, 0) is 66.8 Å². The summed E-state index contributed by atoms with van der Waals surface area (Å²) >= 11 is 5.50. The summed E-state index contributed by atoms with van der Waals surface area (Å²) in [5.74, 6) is 0. The van der Waals surface area contributed by atoms with Crippen molar-refractivity contribution in [3.8, 4) is 0 Å². The smallest absolute Gasteiger partial charge is 0.0342 e. The van der Waals surface area contributed by atoms with E-state index < -0.39 is 0 Å². The number of nitrogens with one attached hydrogen (secondary N) is 1. The highest BCUT2D eigenvalue weighted by Gasteiger charge is 2.22. The molecular weight excluding hydrogens is 296 g/mol. The van der Waals surface area contributed by atoms with Gasteiger partial charge in [0.15, 0.2) is 0 Å². The van der Waals surface area contributed by atoms with Crippen LogP contribution < -0.4 is 5.32 Å². The molecule has 1 atom stereocenters.